The molecule has 5 heteroatoms. The number of carbonyl (C=O) groups excluding carboxylic acids is 1. The molecule has 0 fully saturated rings. The van der Waals surface area contributed by atoms with Crippen molar-refractivity contribution in [3.8, 4) is 11.5 Å². The number of carbonyl (C=O) groups is 1. The standard InChI is InChI=1S/C13H15BrO4/c1-5-16-8-6-7(2)10(14)11-9(8)12(15)18-13(3,4)17-11/h6H,5H2,1-4H3. The fourth-order valence-electron chi connectivity index (χ4n) is 1.83. The van der Waals surface area contributed by atoms with Crippen molar-refractivity contribution in [2.45, 2.75) is 33.5 Å². The maximum Gasteiger partial charge on any atom is 0.349 e. The van der Waals surface area contributed by atoms with E-state index >= 15 is 0 Å². The lowest BCUT2D eigenvalue weighted by molar-refractivity contribution is -0.128. The van der Waals surface area contributed by atoms with Crippen LogP contribution in [-0.4, -0.2) is 18.4 Å². The van der Waals surface area contributed by atoms with Crippen molar-refractivity contribution in [1.82, 2.24) is 0 Å². The third-order valence-electron chi connectivity index (χ3n) is 2.56. The molecule has 0 amide bonds. The Balaban J connectivity index is 2.64. The molecule has 98 valence electrons. The minimum absolute atomic E-state index is 0.341. The average molecular weight is 315 g/mol. The smallest absolute Gasteiger partial charge is 0.349 e. The molecule has 0 saturated heterocycles. The number of fused-ring (bicyclic) bond motifs is 1. The highest BCUT2D eigenvalue weighted by molar-refractivity contribution is 9.10. The number of ether oxygens (including phenoxy) is 3. The van der Waals surface area contributed by atoms with Gasteiger partial charge in [0.1, 0.15) is 11.3 Å². The fraction of sp³-hybridized carbons (Fsp3) is 0.462. The number of rotatable bonds is 2. The van der Waals surface area contributed by atoms with Gasteiger partial charge >= 0.3 is 5.97 Å². The van der Waals surface area contributed by atoms with Crippen LogP contribution in [-0.2, 0) is 4.74 Å². The van der Waals surface area contributed by atoms with Gasteiger partial charge in [0.2, 0.25) is 5.79 Å². The van der Waals surface area contributed by atoms with Crippen LogP contribution in [0.1, 0.15) is 36.7 Å². The topological polar surface area (TPSA) is 44.8 Å². The SMILES string of the molecule is CCOc1cc(C)c(Br)c2c1C(=O)OC(C)(C)O2. The summed E-state index contributed by atoms with van der Waals surface area (Å²) in [7, 11) is 0. The first-order valence-corrected chi connectivity index (χ1v) is 6.53. The van der Waals surface area contributed by atoms with E-state index < -0.39 is 11.8 Å². The first-order valence-electron chi connectivity index (χ1n) is 5.74. The zero-order valence-corrected chi connectivity index (χ0v) is 12.4. The van der Waals surface area contributed by atoms with Crippen LogP contribution >= 0.6 is 15.9 Å². The van der Waals surface area contributed by atoms with Crippen LogP contribution in [0, 0.1) is 6.92 Å². The predicted octanol–water partition coefficient (Wildman–Crippen LogP) is 3.44. The van der Waals surface area contributed by atoms with Gasteiger partial charge in [0.25, 0.3) is 0 Å². The molecule has 4 nitrogen and oxygen atoms in total. The highest BCUT2D eigenvalue weighted by atomic mass is 79.9. The van der Waals surface area contributed by atoms with Gasteiger partial charge in [-0.05, 0) is 41.4 Å². The molecule has 0 atom stereocenters. The van der Waals surface area contributed by atoms with E-state index in [0.717, 1.165) is 10.0 Å². The molecule has 0 aromatic heterocycles. The molecule has 1 heterocycles. The summed E-state index contributed by atoms with van der Waals surface area (Å²) in [6.07, 6.45) is 0. The van der Waals surface area contributed by atoms with Gasteiger partial charge < -0.3 is 14.2 Å². The van der Waals surface area contributed by atoms with Gasteiger partial charge in [-0.15, -0.1) is 0 Å². The molecule has 18 heavy (non-hydrogen) atoms. The van der Waals surface area contributed by atoms with Gasteiger partial charge in [-0.3, -0.25) is 0 Å². The van der Waals surface area contributed by atoms with E-state index in [1.165, 1.54) is 0 Å². The number of aryl methyl sites for hydroxylation is 1. The summed E-state index contributed by atoms with van der Waals surface area (Å²) in [6.45, 7) is 7.65. The lowest BCUT2D eigenvalue weighted by Crippen LogP contribution is -2.39. The van der Waals surface area contributed by atoms with Crippen LogP contribution in [0.3, 0.4) is 0 Å². The van der Waals surface area contributed by atoms with Gasteiger partial charge in [0.05, 0.1) is 11.1 Å². The normalized spacial score (nSPS) is 16.6. The highest BCUT2D eigenvalue weighted by Gasteiger charge is 2.38. The summed E-state index contributed by atoms with van der Waals surface area (Å²) >= 11 is 3.44. The Bertz CT molecular complexity index is 508. The Labute approximate surface area is 114 Å². The molecule has 1 aromatic carbocycles. The summed E-state index contributed by atoms with van der Waals surface area (Å²) in [5.74, 6) is -0.414. The van der Waals surface area contributed by atoms with Crippen molar-refractivity contribution in [2.75, 3.05) is 6.61 Å². The first kappa shape index (κ1) is 13.2. The van der Waals surface area contributed by atoms with Crippen LogP contribution in [0.4, 0.5) is 0 Å². The van der Waals surface area contributed by atoms with Crippen molar-refractivity contribution in [2.24, 2.45) is 0 Å². The number of cyclic esters (lactones) is 1. The lowest BCUT2D eigenvalue weighted by Gasteiger charge is -2.33. The largest absolute Gasteiger partial charge is 0.493 e. The van der Waals surface area contributed by atoms with E-state index in [9.17, 15) is 4.79 Å². The molecule has 0 spiro atoms. The third kappa shape index (κ3) is 2.19. The zero-order chi connectivity index (χ0) is 13.5. The monoisotopic (exact) mass is 314 g/mol. The van der Waals surface area contributed by atoms with E-state index in [4.69, 9.17) is 14.2 Å². The second-order valence-electron chi connectivity index (χ2n) is 4.53. The van der Waals surface area contributed by atoms with Crippen molar-refractivity contribution < 1.29 is 19.0 Å². The summed E-state index contributed by atoms with van der Waals surface area (Å²) in [4.78, 5) is 12.1. The lowest BCUT2D eigenvalue weighted by atomic mass is 10.1. The molecule has 1 aliphatic heterocycles. The van der Waals surface area contributed by atoms with Crippen molar-refractivity contribution in [3.63, 3.8) is 0 Å². The van der Waals surface area contributed by atoms with Crippen LogP contribution in [0.25, 0.3) is 0 Å². The summed E-state index contributed by atoms with van der Waals surface area (Å²) in [5, 5.41) is 0. The summed E-state index contributed by atoms with van der Waals surface area (Å²) in [5.41, 5.74) is 1.29. The molecule has 1 aliphatic rings. The van der Waals surface area contributed by atoms with E-state index in [2.05, 4.69) is 15.9 Å². The third-order valence-corrected chi connectivity index (χ3v) is 3.54. The Morgan fingerprint density at radius 1 is 1.39 bits per heavy atom. The molecule has 2 rings (SSSR count). The highest BCUT2D eigenvalue weighted by Crippen LogP contribution is 2.43. The van der Waals surface area contributed by atoms with E-state index in [1.54, 1.807) is 19.9 Å². The molecular formula is C13H15BrO4. The maximum absolute atomic E-state index is 12.1. The Morgan fingerprint density at radius 3 is 2.67 bits per heavy atom. The van der Waals surface area contributed by atoms with E-state index in [0.29, 0.717) is 23.7 Å². The summed E-state index contributed by atoms with van der Waals surface area (Å²) in [6, 6.07) is 1.80. The Morgan fingerprint density at radius 2 is 2.06 bits per heavy atom. The second-order valence-corrected chi connectivity index (χ2v) is 5.33. The maximum atomic E-state index is 12.1. The molecule has 0 N–H and O–H groups in total. The second kappa shape index (κ2) is 4.46. The van der Waals surface area contributed by atoms with Crippen molar-refractivity contribution in [3.05, 3.63) is 21.7 Å². The number of hydrogen-bond donors (Lipinski definition) is 0. The van der Waals surface area contributed by atoms with Gasteiger partial charge in [0, 0.05) is 13.8 Å². The number of hydrogen-bond acceptors (Lipinski definition) is 4. The fourth-order valence-corrected chi connectivity index (χ4v) is 2.23. The average Bonchev–Trinajstić information content (AvgIpc) is 2.23. The first-order chi connectivity index (χ1) is 8.35. The van der Waals surface area contributed by atoms with E-state index in [1.807, 2.05) is 13.8 Å². The Kier molecular flexibility index (Phi) is 3.27. The van der Waals surface area contributed by atoms with Gasteiger partial charge in [0.15, 0.2) is 5.75 Å². The predicted molar refractivity (Wildman–Crippen MR) is 70.2 cm³/mol. The minimum atomic E-state index is -0.968. The van der Waals surface area contributed by atoms with Crippen LogP contribution in [0.5, 0.6) is 11.5 Å². The molecular weight excluding hydrogens is 300 g/mol. The van der Waals surface area contributed by atoms with Crippen LogP contribution in [0.2, 0.25) is 0 Å². The van der Waals surface area contributed by atoms with Gasteiger partial charge in [-0.25, -0.2) is 4.79 Å². The number of esters is 1. The van der Waals surface area contributed by atoms with Crippen LogP contribution in [0.15, 0.2) is 10.5 Å². The molecule has 0 radical (unpaired) electrons. The molecule has 0 aliphatic carbocycles. The number of halogens is 1. The zero-order valence-electron chi connectivity index (χ0n) is 10.8. The molecule has 1 aromatic rings. The van der Waals surface area contributed by atoms with E-state index in [-0.39, 0.29) is 0 Å². The molecule has 0 unspecified atom stereocenters. The Hall–Kier alpha value is -1.23. The molecule has 0 saturated carbocycles. The van der Waals surface area contributed by atoms with Crippen molar-refractivity contribution in [1.29, 1.82) is 0 Å². The summed E-state index contributed by atoms with van der Waals surface area (Å²) < 4.78 is 17.2. The van der Waals surface area contributed by atoms with Crippen molar-refractivity contribution >= 4 is 21.9 Å². The van der Waals surface area contributed by atoms with Gasteiger partial charge in [-0.2, -0.15) is 0 Å². The van der Waals surface area contributed by atoms with Crippen LogP contribution < -0.4 is 9.47 Å². The van der Waals surface area contributed by atoms with Gasteiger partial charge in [-0.1, -0.05) is 0 Å². The number of benzene rings is 1. The quantitative estimate of drug-likeness (QED) is 0.784. The minimum Gasteiger partial charge on any atom is -0.493 e. The molecule has 0 bridgehead atoms.